The van der Waals surface area contributed by atoms with Crippen LogP contribution in [0.2, 0.25) is 6.32 Å². The highest BCUT2D eigenvalue weighted by molar-refractivity contribution is 6.86. The molecule has 19 heavy (non-hydrogen) atoms. The Bertz CT molecular complexity index is 563. The standard InChI is InChI=1S/C17H19BO/c1-4-13-18(15-10-6-5-9-14(15)2)16-11-7-8-12-17(16)19-3/h4-12H,1,13H2,2-3H3. The highest BCUT2D eigenvalue weighted by Crippen LogP contribution is 2.11. The smallest absolute Gasteiger partial charge is 0.218 e. The van der Waals surface area contributed by atoms with Crippen LogP contribution in [0.3, 0.4) is 0 Å². The number of hydrogen-bond donors (Lipinski definition) is 0. The molecule has 0 spiro atoms. The van der Waals surface area contributed by atoms with E-state index < -0.39 is 0 Å². The molecule has 0 heterocycles. The fourth-order valence-corrected chi connectivity index (χ4v) is 2.52. The molecule has 0 saturated heterocycles. The van der Waals surface area contributed by atoms with Gasteiger partial charge in [0.15, 0.2) is 0 Å². The summed E-state index contributed by atoms with van der Waals surface area (Å²) in [5.74, 6) is 0.942. The molecule has 0 aliphatic rings. The number of methoxy groups -OCH3 is 1. The van der Waals surface area contributed by atoms with Gasteiger partial charge in [0, 0.05) is 0 Å². The molecule has 0 unspecified atom stereocenters. The number of allylic oxidation sites excluding steroid dienone is 1. The predicted octanol–water partition coefficient (Wildman–Crippen LogP) is 2.80. The van der Waals surface area contributed by atoms with E-state index in [1.807, 2.05) is 18.2 Å². The van der Waals surface area contributed by atoms with Gasteiger partial charge in [-0.3, -0.25) is 0 Å². The molecule has 0 radical (unpaired) electrons. The van der Waals surface area contributed by atoms with Gasteiger partial charge in [-0.25, -0.2) is 0 Å². The number of benzene rings is 2. The third-order valence-corrected chi connectivity index (χ3v) is 3.48. The van der Waals surface area contributed by atoms with E-state index in [4.69, 9.17) is 4.74 Å². The van der Waals surface area contributed by atoms with Crippen molar-refractivity contribution in [3.8, 4) is 5.75 Å². The molecule has 0 atom stereocenters. The van der Waals surface area contributed by atoms with Crippen molar-refractivity contribution >= 4 is 17.6 Å². The van der Waals surface area contributed by atoms with E-state index in [1.165, 1.54) is 16.5 Å². The Balaban J connectivity index is 2.51. The van der Waals surface area contributed by atoms with Crippen LogP contribution < -0.4 is 15.7 Å². The molecule has 0 aliphatic heterocycles. The van der Waals surface area contributed by atoms with E-state index in [-0.39, 0.29) is 0 Å². The molecule has 1 nitrogen and oxygen atoms in total. The summed E-state index contributed by atoms with van der Waals surface area (Å²) in [6.07, 6.45) is 2.88. The minimum Gasteiger partial charge on any atom is -0.497 e. The molecule has 2 aromatic carbocycles. The van der Waals surface area contributed by atoms with E-state index in [9.17, 15) is 0 Å². The van der Waals surface area contributed by atoms with Gasteiger partial charge in [-0.1, -0.05) is 59.6 Å². The monoisotopic (exact) mass is 250 g/mol. The average molecular weight is 250 g/mol. The highest BCUT2D eigenvalue weighted by Gasteiger charge is 2.22. The number of para-hydroxylation sites is 1. The highest BCUT2D eigenvalue weighted by atomic mass is 16.5. The van der Waals surface area contributed by atoms with Gasteiger partial charge < -0.3 is 4.74 Å². The van der Waals surface area contributed by atoms with Crippen LogP contribution in [0.4, 0.5) is 0 Å². The Hall–Kier alpha value is -1.96. The Morgan fingerprint density at radius 3 is 2.32 bits per heavy atom. The summed E-state index contributed by atoms with van der Waals surface area (Å²) in [5.41, 5.74) is 3.87. The maximum Gasteiger partial charge on any atom is 0.218 e. The van der Waals surface area contributed by atoms with E-state index in [0.717, 1.165) is 12.1 Å². The zero-order valence-electron chi connectivity index (χ0n) is 11.6. The molecular formula is C17H19BO. The summed E-state index contributed by atoms with van der Waals surface area (Å²) in [5, 5.41) is 0. The van der Waals surface area contributed by atoms with Gasteiger partial charge in [0.1, 0.15) is 5.75 Å². The van der Waals surface area contributed by atoms with Crippen molar-refractivity contribution in [2.24, 2.45) is 0 Å². The maximum absolute atomic E-state index is 5.50. The lowest BCUT2D eigenvalue weighted by molar-refractivity contribution is 0.418. The van der Waals surface area contributed by atoms with Crippen LogP contribution in [0.5, 0.6) is 5.75 Å². The molecule has 0 N–H and O–H groups in total. The Morgan fingerprint density at radius 2 is 1.68 bits per heavy atom. The van der Waals surface area contributed by atoms with Crippen molar-refractivity contribution in [2.75, 3.05) is 7.11 Å². The molecule has 2 rings (SSSR count). The van der Waals surface area contributed by atoms with Gasteiger partial charge in [-0.05, 0) is 24.8 Å². The van der Waals surface area contributed by atoms with Crippen LogP contribution in [0, 0.1) is 6.92 Å². The first-order chi connectivity index (χ1) is 9.27. The molecule has 2 aromatic rings. The normalized spacial score (nSPS) is 10.0. The number of aryl methyl sites for hydroxylation is 1. The van der Waals surface area contributed by atoms with Crippen molar-refractivity contribution in [3.63, 3.8) is 0 Å². The second-order valence-electron chi connectivity index (χ2n) is 4.68. The Labute approximate surface area is 116 Å². The van der Waals surface area contributed by atoms with Crippen LogP contribution in [0.15, 0.2) is 61.2 Å². The van der Waals surface area contributed by atoms with Crippen molar-refractivity contribution in [2.45, 2.75) is 13.2 Å². The van der Waals surface area contributed by atoms with Crippen molar-refractivity contribution in [3.05, 3.63) is 66.7 Å². The lowest BCUT2D eigenvalue weighted by Gasteiger charge is -2.18. The molecule has 0 aromatic heterocycles. The maximum atomic E-state index is 5.50. The minimum absolute atomic E-state index is 0.301. The first kappa shape index (κ1) is 13.5. The van der Waals surface area contributed by atoms with Crippen LogP contribution in [-0.4, -0.2) is 13.8 Å². The second kappa shape index (κ2) is 6.28. The lowest BCUT2D eigenvalue weighted by Crippen LogP contribution is -2.43. The van der Waals surface area contributed by atoms with Crippen LogP contribution in [-0.2, 0) is 0 Å². The average Bonchev–Trinajstić information content (AvgIpc) is 2.46. The molecule has 0 fully saturated rings. The summed E-state index contributed by atoms with van der Waals surface area (Å²) in [6, 6.07) is 16.7. The van der Waals surface area contributed by atoms with Gasteiger partial charge in [0.2, 0.25) is 6.71 Å². The van der Waals surface area contributed by atoms with Gasteiger partial charge in [-0.2, -0.15) is 0 Å². The molecule has 2 heteroatoms. The quantitative estimate of drug-likeness (QED) is 0.585. The fourth-order valence-electron chi connectivity index (χ4n) is 2.52. The summed E-state index contributed by atoms with van der Waals surface area (Å²) >= 11 is 0. The Morgan fingerprint density at radius 1 is 1.05 bits per heavy atom. The summed E-state index contributed by atoms with van der Waals surface area (Å²) < 4.78 is 5.50. The van der Waals surface area contributed by atoms with Crippen LogP contribution in [0.25, 0.3) is 0 Å². The SMILES string of the molecule is C=CCB(c1ccccc1C)c1ccccc1OC. The predicted molar refractivity (Wildman–Crippen MR) is 84.2 cm³/mol. The third kappa shape index (κ3) is 2.90. The fraction of sp³-hybridized carbons (Fsp3) is 0.176. The molecule has 96 valence electrons. The van der Waals surface area contributed by atoms with Gasteiger partial charge >= 0.3 is 0 Å². The van der Waals surface area contributed by atoms with Crippen LogP contribution >= 0.6 is 0 Å². The number of hydrogen-bond acceptors (Lipinski definition) is 1. The summed E-state index contributed by atoms with van der Waals surface area (Å²) in [4.78, 5) is 0. The topological polar surface area (TPSA) is 9.23 Å². The third-order valence-electron chi connectivity index (χ3n) is 3.48. The van der Waals surface area contributed by atoms with E-state index in [2.05, 4.69) is 49.9 Å². The lowest BCUT2D eigenvalue weighted by atomic mass is 9.38. The molecule has 0 amide bonds. The number of rotatable bonds is 5. The van der Waals surface area contributed by atoms with Crippen molar-refractivity contribution < 1.29 is 4.74 Å². The van der Waals surface area contributed by atoms with Crippen molar-refractivity contribution in [1.82, 2.24) is 0 Å². The second-order valence-corrected chi connectivity index (χ2v) is 4.68. The van der Waals surface area contributed by atoms with Gasteiger partial charge in [-0.15, -0.1) is 6.58 Å². The first-order valence-corrected chi connectivity index (χ1v) is 6.57. The largest absolute Gasteiger partial charge is 0.497 e. The molecule has 0 aliphatic carbocycles. The minimum atomic E-state index is 0.301. The number of ether oxygens (including phenoxy) is 1. The van der Waals surface area contributed by atoms with Crippen LogP contribution in [0.1, 0.15) is 5.56 Å². The van der Waals surface area contributed by atoms with Gasteiger partial charge in [0.25, 0.3) is 0 Å². The van der Waals surface area contributed by atoms with E-state index in [1.54, 1.807) is 7.11 Å². The van der Waals surface area contributed by atoms with Crippen molar-refractivity contribution in [1.29, 1.82) is 0 Å². The molecular weight excluding hydrogens is 231 g/mol. The molecule has 0 bridgehead atoms. The zero-order chi connectivity index (χ0) is 13.7. The molecule has 0 saturated carbocycles. The Kier molecular flexibility index (Phi) is 4.46. The van der Waals surface area contributed by atoms with E-state index in [0.29, 0.717) is 6.71 Å². The summed E-state index contributed by atoms with van der Waals surface area (Å²) in [7, 11) is 1.72. The summed E-state index contributed by atoms with van der Waals surface area (Å²) in [6.45, 7) is 6.35. The van der Waals surface area contributed by atoms with Gasteiger partial charge in [0.05, 0.1) is 7.11 Å². The van der Waals surface area contributed by atoms with E-state index >= 15 is 0 Å². The first-order valence-electron chi connectivity index (χ1n) is 6.57. The zero-order valence-corrected chi connectivity index (χ0v) is 11.6.